The quantitative estimate of drug-likeness (QED) is 0.314. The van der Waals surface area contributed by atoms with Crippen molar-refractivity contribution in [1.82, 2.24) is 14.1 Å². The average Bonchev–Trinajstić information content (AvgIpc) is 3.38. The summed E-state index contributed by atoms with van der Waals surface area (Å²) in [6, 6.07) is 19.7. The van der Waals surface area contributed by atoms with Gasteiger partial charge in [0.25, 0.3) is 0 Å². The van der Waals surface area contributed by atoms with Gasteiger partial charge >= 0.3 is 0 Å². The second kappa shape index (κ2) is 8.18. The summed E-state index contributed by atoms with van der Waals surface area (Å²) in [6.07, 6.45) is 3.69. The van der Waals surface area contributed by atoms with E-state index in [1.807, 2.05) is 70.7 Å². The van der Waals surface area contributed by atoms with Crippen molar-refractivity contribution < 1.29 is 8.73 Å². The minimum atomic E-state index is -2.86. The van der Waals surface area contributed by atoms with Gasteiger partial charge in [0.1, 0.15) is 5.76 Å². The minimum absolute atomic E-state index is 0.604. The average molecular weight is 471 g/mol. The van der Waals surface area contributed by atoms with Crippen LogP contribution < -0.4 is 4.90 Å². The molecule has 0 saturated carbocycles. The number of rotatable bonds is 5. The number of pyridine rings is 1. The van der Waals surface area contributed by atoms with Crippen LogP contribution in [0, 0.1) is 13.8 Å². The fourth-order valence-corrected chi connectivity index (χ4v) is 5.74. The second-order valence-electron chi connectivity index (χ2n) is 8.56. The van der Waals surface area contributed by atoms with Crippen molar-refractivity contribution in [1.29, 1.82) is 0 Å². The van der Waals surface area contributed by atoms with Crippen molar-refractivity contribution >= 4 is 32.3 Å². The van der Waals surface area contributed by atoms with E-state index in [0.29, 0.717) is 16.3 Å². The highest BCUT2D eigenvalue weighted by molar-refractivity contribution is 7.99. The molecule has 0 aliphatic heterocycles. The Morgan fingerprint density at radius 2 is 1.71 bits per heavy atom. The van der Waals surface area contributed by atoms with Gasteiger partial charge in [-0.05, 0) is 55.6 Å². The van der Waals surface area contributed by atoms with Gasteiger partial charge in [-0.1, -0.05) is 35.5 Å². The van der Waals surface area contributed by atoms with Crippen LogP contribution in [-0.2, 0) is 9.71 Å². The molecule has 3 heterocycles. The van der Waals surface area contributed by atoms with Gasteiger partial charge in [-0.2, -0.15) is 0 Å². The van der Waals surface area contributed by atoms with E-state index in [4.69, 9.17) is 9.51 Å². The van der Waals surface area contributed by atoms with Crippen LogP contribution in [0.15, 0.2) is 82.5 Å². The highest BCUT2D eigenvalue weighted by Crippen LogP contribution is 2.37. The molecule has 0 N–H and O–H groups in total. The summed E-state index contributed by atoms with van der Waals surface area (Å²) in [5.74, 6) is 4.82. The van der Waals surface area contributed by atoms with Gasteiger partial charge < -0.3 is 9.42 Å². The molecule has 0 spiro atoms. The van der Waals surface area contributed by atoms with Gasteiger partial charge in [-0.3, -0.25) is 3.97 Å². The van der Waals surface area contributed by atoms with Crippen LogP contribution in [0.2, 0.25) is 0 Å². The monoisotopic (exact) mass is 470 g/mol. The lowest BCUT2D eigenvalue weighted by Crippen LogP contribution is -2.12. The van der Waals surface area contributed by atoms with Crippen LogP contribution >= 0.6 is 0 Å². The second-order valence-corrected chi connectivity index (χ2v) is 10.7. The molecule has 3 aromatic heterocycles. The molecule has 6 nitrogen and oxygen atoms in total. The Bertz CT molecular complexity index is 1580. The van der Waals surface area contributed by atoms with Gasteiger partial charge in [0, 0.05) is 54.3 Å². The van der Waals surface area contributed by atoms with E-state index in [-0.39, 0.29) is 0 Å². The summed E-state index contributed by atoms with van der Waals surface area (Å²) in [5, 5.41) is 5.01. The van der Waals surface area contributed by atoms with Crippen molar-refractivity contribution in [3.05, 3.63) is 84.5 Å². The molecule has 5 aromatic rings. The Hall–Kier alpha value is -3.84. The zero-order valence-electron chi connectivity index (χ0n) is 19.6. The number of anilines is 1. The molecule has 0 radical (unpaired) electrons. The van der Waals surface area contributed by atoms with Gasteiger partial charge in [-0.15, -0.1) is 0 Å². The smallest absolute Gasteiger partial charge is 0.152 e. The first-order valence-electron chi connectivity index (χ1n) is 10.9. The molecule has 0 aliphatic rings. The van der Waals surface area contributed by atoms with Crippen LogP contribution in [0.5, 0.6) is 0 Å². The lowest BCUT2D eigenvalue weighted by Gasteiger charge is -2.13. The van der Waals surface area contributed by atoms with Crippen molar-refractivity contribution in [2.45, 2.75) is 18.7 Å². The van der Waals surface area contributed by atoms with Crippen molar-refractivity contribution in [3.63, 3.8) is 0 Å². The van der Waals surface area contributed by atoms with E-state index < -0.39 is 9.71 Å². The first-order chi connectivity index (χ1) is 16.3. The van der Waals surface area contributed by atoms with Crippen LogP contribution in [0.4, 0.5) is 5.69 Å². The molecule has 34 heavy (non-hydrogen) atoms. The van der Waals surface area contributed by atoms with E-state index in [0.717, 1.165) is 39.0 Å². The third-order valence-corrected chi connectivity index (χ3v) is 7.98. The van der Waals surface area contributed by atoms with Crippen LogP contribution in [0.25, 0.3) is 33.3 Å². The minimum Gasteiger partial charge on any atom is -0.378 e. The maximum Gasteiger partial charge on any atom is 0.152 e. The highest BCUT2D eigenvalue weighted by atomic mass is 32.2. The summed E-state index contributed by atoms with van der Waals surface area (Å²) >= 11 is 0. The fourth-order valence-electron chi connectivity index (χ4n) is 4.23. The Morgan fingerprint density at radius 1 is 1.00 bits per heavy atom. The van der Waals surface area contributed by atoms with Crippen molar-refractivity contribution in [2.24, 2.45) is 0 Å². The molecule has 1 atom stereocenters. The number of aromatic nitrogens is 3. The van der Waals surface area contributed by atoms with E-state index in [2.05, 4.69) is 46.3 Å². The molecule has 5 rings (SSSR count). The Labute approximate surface area is 199 Å². The standard InChI is InChI=1S/C27H26N4O2S/c1-18-26(19(2)33-29-18)25-17-31(34(5,32)23-9-7-6-8-10-23)27-24(25)15-21(16-28-27)20-11-13-22(14-12-20)30(3)4/h6-17H,5H2,1-4H3. The van der Waals surface area contributed by atoms with Gasteiger partial charge in [-0.25, -0.2) is 9.19 Å². The lowest BCUT2D eigenvalue weighted by molar-refractivity contribution is 0.393. The largest absolute Gasteiger partial charge is 0.378 e. The predicted octanol–water partition coefficient (Wildman–Crippen LogP) is 5.58. The predicted molar refractivity (Wildman–Crippen MR) is 140 cm³/mol. The maximum atomic E-state index is 14.0. The SMILES string of the molecule is C=S(=O)(c1ccccc1)n1cc(-c2c(C)noc2C)c2cc(-c3ccc(N(C)C)cc3)cnc21. The van der Waals surface area contributed by atoms with Crippen LogP contribution in [-0.4, -0.2) is 38.3 Å². The number of hydrogen-bond donors (Lipinski definition) is 0. The Balaban J connectivity index is 1.76. The molecule has 0 saturated heterocycles. The molecule has 2 aromatic carbocycles. The zero-order chi connectivity index (χ0) is 24.0. The fraction of sp³-hybridized carbons (Fsp3) is 0.148. The molecular weight excluding hydrogens is 444 g/mol. The first kappa shape index (κ1) is 22.0. The summed E-state index contributed by atoms with van der Waals surface area (Å²) in [5.41, 5.74) is 6.28. The molecule has 172 valence electrons. The molecule has 0 fully saturated rings. The number of aryl methyl sites for hydroxylation is 2. The lowest BCUT2D eigenvalue weighted by atomic mass is 10.0. The molecule has 0 bridgehead atoms. The third kappa shape index (κ3) is 3.58. The van der Waals surface area contributed by atoms with Gasteiger partial charge in [0.05, 0.1) is 20.3 Å². The summed E-state index contributed by atoms with van der Waals surface area (Å²) in [4.78, 5) is 7.48. The molecule has 7 heteroatoms. The summed E-state index contributed by atoms with van der Waals surface area (Å²) < 4.78 is 21.1. The Morgan fingerprint density at radius 3 is 2.32 bits per heavy atom. The number of hydrogen-bond acceptors (Lipinski definition) is 5. The molecule has 1 unspecified atom stereocenters. The maximum absolute atomic E-state index is 14.0. The third-order valence-electron chi connectivity index (χ3n) is 6.06. The van der Waals surface area contributed by atoms with E-state index in [1.54, 1.807) is 3.97 Å². The van der Waals surface area contributed by atoms with Crippen LogP contribution in [0.1, 0.15) is 11.5 Å². The molecule has 0 aliphatic carbocycles. The van der Waals surface area contributed by atoms with Crippen molar-refractivity contribution in [3.8, 4) is 22.3 Å². The number of benzene rings is 2. The summed E-state index contributed by atoms with van der Waals surface area (Å²) in [6.45, 7) is 3.79. The number of nitrogens with zero attached hydrogens (tertiary/aromatic N) is 4. The van der Waals surface area contributed by atoms with Crippen molar-refractivity contribution in [2.75, 3.05) is 19.0 Å². The van der Waals surface area contributed by atoms with Crippen LogP contribution in [0.3, 0.4) is 0 Å². The van der Waals surface area contributed by atoms with Gasteiger partial charge in [0.2, 0.25) is 0 Å². The van der Waals surface area contributed by atoms with E-state index in [9.17, 15) is 4.21 Å². The van der Waals surface area contributed by atoms with Gasteiger partial charge in [0.15, 0.2) is 5.65 Å². The number of fused-ring (bicyclic) bond motifs is 1. The topological polar surface area (TPSA) is 64.2 Å². The molecular formula is C27H26N4O2S. The zero-order valence-corrected chi connectivity index (χ0v) is 20.5. The Kier molecular flexibility index (Phi) is 5.29. The van der Waals surface area contributed by atoms with E-state index in [1.165, 1.54) is 0 Å². The van der Waals surface area contributed by atoms with E-state index >= 15 is 0 Å². The normalized spacial score (nSPS) is 13.2. The molecule has 0 amide bonds. The first-order valence-corrected chi connectivity index (χ1v) is 12.6. The highest BCUT2D eigenvalue weighted by Gasteiger charge is 2.23. The summed E-state index contributed by atoms with van der Waals surface area (Å²) in [7, 11) is 1.18.